The highest BCUT2D eigenvalue weighted by Gasteiger charge is 2.24. The Morgan fingerprint density at radius 3 is 2.62 bits per heavy atom. The van der Waals surface area contributed by atoms with E-state index in [-0.39, 0.29) is 0 Å². The van der Waals surface area contributed by atoms with E-state index in [1.165, 1.54) is 18.4 Å². The lowest BCUT2D eigenvalue weighted by molar-refractivity contribution is 0.0408. The van der Waals surface area contributed by atoms with E-state index in [4.69, 9.17) is 9.47 Å². The van der Waals surface area contributed by atoms with Crippen molar-refractivity contribution in [3.8, 4) is 5.75 Å². The van der Waals surface area contributed by atoms with E-state index in [2.05, 4.69) is 31.3 Å². The predicted molar refractivity (Wildman–Crippen MR) is 86.9 cm³/mol. The first-order valence-corrected chi connectivity index (χ1v) is 8.20. The highest BCUT2D eigenvalue weighted by atomic mass is 16.5. The van der Waals surface area contributed by atoms with Gasteiger partial charge in [0.25, 0.3) is 0 Å². The van der Waals surface area contributed by atoms with Gasteiger partial charge in [-0.25, -0.2) is 0 Å². The first-order valence-electron chi connectivity index (χ1n) is 8.20. The lowest BCUT2D eigenvalue weighted by Crippen LogP contribution is -2.27. The van der Waals surface area contributed by atoms with E-state index in [1.807, 2.05) is 12.1 Å². The molecule has 3 nitrogen and oxygen atoms in total. The summed E-state index contributed by atoms with van der Waals surface area (Å²) in [6.45, 7) is 6.44. The molecule has 1 aromatic carbocycles. The summed E-state index contributed by atoms with van der Waals surface area (Å²) in [5.74, 6) is 1.56. The molecule has 1 heterocycles. The maximum absolute atomic E-state index is 6.00. The third-order valence-corrected chi connectivity index (χ3v) is 4.28. The molecular formula is C18H29NO2. The lowest BCUT2D eigenvalue weighted by Gasteiger charge is -2.21. The van der Waals surface area contributed by atoms with Gasteiger partial charge in [-0.1, -0.05) is 19.1 Å². The van der Waals surface area contributed by atoms with Gasteiger partial charge in [-0.05, 0) is 69.3 Å². The van der Waals surface area contributed by atoms with Crippen LogP contribution in [0.5, 0.6) is 5.75 Å². The minimum Gasteiger partial charge on any atom is -0.497 e. The average Bonchev–Trinajstić information content (AvgIpc) is 2.90. The zero-order valence-electron chi connectivity index (χ0n) is 13.6. The van der Waals surface area contributed by atoms with Crippen molar-refractivity contribution in [2.75, 3.05) is 20.2 Å². The minimum atomic E-state index is 0.441. The van der Waals surface area contributed by atoms with Crippen molar-refractivity contribution in [1.82, 2.24) is 5.32 Å². The van der Waals surface area contributed by atoms with Crippen molar-refractivity contribution in [3.63, 3.8) is 0 Å². The summed E-state index contributed by atoms with van der Waals surface area (Å²) >= 11 is 0. The van der Waals surface area contributed by atoms with Gasteiger partial charge in [-0.15, -0.1) is 0 Å². The van der Waals surface area contributed by atoms with Gasteiger partial charge in [0.2, 0.25) is 0 Å². The molecule has 118 valence electrons. The van der Waals surface area contributed by atoms with Crippen molar-refractivity contribution in [2.45, 2.75) is 51.7 Å². The van der Waals surface area contributed by atoms with Crippen LogP contribution in [0.15, 0.2) is 24.3 Å². The van der Waals surface area contributed by atoms with Crippen LogP contribution in [0.4, 0.5) is 0 Å². The average molecular weight is 291 g/mol. The van der Waals surface area contributed by atoms with Crippen molar-refractivity contribution in [3.05, 3.63) is 29.8 Å². The molecule has 2 rings (SSSR count). The SMILES string of the molecule is CCNCC(Cc1ccc(OC)cc1)CC1CCC(C)O1. The summed E-state index contributed by atoms with van der Waals surface area (Å²) in [6.07, 6.45) is 5.57. The number of methoxy groups -OCH3 is 1. The molecule has 3 heteroatoms. The quantitative estimate of drug-likeness (QED) is 0.796. The van der Waals surface area contributed by atoms with Crippen LogP contribution in [0.3, 0.4) is 0 Å². The molecule has 0 saturated carbocycles. The second-order valence-corrected chi connectivity index (χ2v) is 6.11. The lowest BCUT2D eigenvalue weighted by atomic mass is 9.92. The Morgan fingerprint density at radius 1 is 1.29 bits per heavy atom. The smallest absolute Gasteiger partial charge is 0.118 e. The van der Waals surface area contributed by atoms with Crippen LogP contribution >= 0.6 is 0 Å². The van der Waals surface area contributed by atoms with Gasteiger partial charge in [0, 0.05) is 0 Å². The Balaban J connectivity index is 1.91. The summed E-state index contributed by atoms with van der Waals surface area (Å²) in [5, 5.41) is 3.50. The number of nitrogens with one attached hydrogen (secondary N) is 1. The Morgan fingerprint density at radius 2 is 2.05 bits per heavy atom. The van der Waals surface area contributed by atoms with Crippen LogP contribution in [0.2, 0.25) is 0 Å². The summed E-state index contributed by atoms with van der Waals surface area (Å²) in [7, 11) is 1.71. The molecule has 1 aliphatic heterocycles. The molecule has 3 atom stereocenters. The summed E-state index contributed by atoms with van der Waals surface area (Å²) in [4.78, 5) is 0. The van der Waals surface area contributed by atoms with E-state index < -0.39 is 0 Å². The van der Waals surface area contributed by atoms with Crippen LogP contribution < -0.4 is 10.1 Å². The summed E-state index contributed by atoms with van der Waals surface area (Å²) in [6, 6.07) is 8.45. The standard InChI is InChI=1S/C18H29NO2/c1-4-19-13-16(12-18-8-5-14(2)21-18)11-15-6-9-17(20-3)10-7-15/h6-7,9-10,14,16,18-19H,4-5,8,11-13H2,1-3H3. The molecule has 1 saturated heterocycles. The predicted octanol–water partition coefficient (Wildman–Crippen LogP) is 3.42. The molecular weight excluding hydrogens is 262 g/mol. The Hall–Kier alpha value is -1.06. The van der Waals surface area contributed by atoms with Gasteiger partial charge in [-0.3, -0.25) is 0 Å². The fourth-order valence-corrected chi connectivity index (χ4v) is 3.11. The van der Waals surface area contributed by atoms with Crippen molar-refractivity contribution >= 4 is 0 Å². The molecule has 0 aliphatic carbocycles. The highest BCUT2D eigenvalue weighted by Crippen LogP contribution is 2.26. The van der Waals surface area contributed by atoms with Gasteiger partial charge in [0.05, 0.1) is 19.3 Å². The van der Waals surface area contributed by atoms with Crippen molar-refractivity contribution in [1.29, 1.82) is 0 Å². The molecule has 1 fully saturated rings. The van der Waals surface area contributed by atoms with E-state index >= 15 is 0 Å². The molecule has 0 spiro atoms. The Labute approximate surface area is 129 Å². The molecule has 0 bridgehead atoms. The fourth-order valence-electron chi connectivity index (χ4n) is 3.11. The number of hydrogen-bond donors (Lipinski definition) is 1. The first kappa shape index (κ1) is 16.3. The number of hydrogen-bond acceptors (Lipinski definition) is 3. The number of rotatable bonds is 8. The van der Waals surface area contributed by atoms with Gasteiger partial charge in [0.1, 0.15) is 5.75 Å². The van der Waals surface area contributed by atoms with Crippen molar-refractivity contribution < 1.29 is 9.47 Å². The maximum atomic E-state index is 6.00. The van der Waals surface area contributed by atoms with Crippen molar-refractivity contribution in [2.24, 2.45) is 5.92 Å². The largest absolute Gasteiger partial charge is 0.497 e. The van der Waals surface area contributed by atoms with Gasteiger partial charge in [0.15, 0.2) is 0 Å². The number of benzene rings is 1. The second-order valence-electron chi connectivity index (χ2n) is 6.11. The van der Waals surface area contributed by atoms with Crippen LogP contribution in [-0.2, 0) is 11.2 Å². The molecule has 0 aromatic heterocycles. The zero-order chi connectivity index (χ0) is 15.1. The van der Waals surface area contributed by atoms with Crippen LogP contribution in [0.1, 0.15) is 38.7 Å². The molecule has 0 amide bonds. The molecule has 3 unspecified atom stereocenters. The topological polar surface area (TPSA) is 30.5 Å². The molecule has 1 aromatic rings. The van der Waals surface area contributed by atoms with Gasteiger partial charge in [-0.2, -0.15) is 0 Å². The molecule has 1 N–H and O–H groups in total. The second kappa shape index (κ2) is 8.40. The summed E-state index contributed by atoms with van der Waals surface area (Å²) < 4.78 is 11.2. The molecule has 21 heavy (non-hydrogen) atoms. The maximum Gasteiger partial charge on any atom is 0.118 e. The van der Waals surface area contributed by atoms with E-state index in [0.717, 1.165) is 31.7 Å². The highest BCUT2D eigenvalue weighted by molar-refractivity contribution is 5.27. The Bertz CT molecular complexity index is 404. The van der Waals surface area contributed by atoms with E-state index in [9.17, 15) is 0 Å². The van der Waals surface area contributed by atoms with Crippen LogP contribution in [-0.4, -0.2) is 32.4 Å². The minimum absolute atomic E-state index is 0.441. The Kier molecular flexibility index (Phi) is 6.52. The van der Waals surface area contributed by atoms with E-state index in [1.54, 1.807) is 7.11 Å². The van der Waals surface area contributed by atoms with Gasteiger partial charge < -0.3 is 14.8 Å². The van der Waals surface area contributed by atoms with E-state index in [0.29, 0.717) is 18.1 Å². The fraction of sp³-hybridized carbons (Fsp3) is 0.667. The third-order valence-electron chi connectivity index (χ3n) is 4.28. The number of ether oxygens (including phenoxy) is 2. The normalized spacial score (nSPS) is 23.2. The molecule has 0 radical (unpaired) electrons. The van der Waals surface area contributed by atoms with Crippen LogP contribution in [0.25, 0.3) is 0 Å². The first-order chi connectivity index (χ1) is 10.2. The molecule has 1 aliphatic rings. The zero-order valence-corrected chi connectivity index (χ0v) is 13.6. The third kappa shape index (κ3) is 5.33. The van der Waals surface area contributed by atoms with Crippen LogP contribution in [0, 0.1) is 5.92 Å². The summed E-state index contributed by atoms with van der Waals surface area (Å²) in [5.41, 5.74) is 1.38. The van der Waals surface area contributed by atoms with Gasteiger partial charge >= 0.3 is 0 Å². The monoisotopic (exact) mass is 291 g/mol.